The van der Waals surface area contributed by atoms with E-state index < -0.39 is 0 Å². The van der Waals surface area contributed by atoms with E-state index in [-0.39, 0.29) is 6.42 Å². The Balaban J connectivity index is 2.40. The SMILES string of the molecule is CSc1ccc(-c2cc(C)nc(CC#N)n2)cc1. The Morgan fingerprint density at radius 3 is 2.56 bits per heavy atom. The smallest absolute Gasteiger partial charge is 0.143 e. The van der Waals surface area contributed by atoms with Gasteiger partial charge in [-0.1, -0.05) is 12.1 Å². The lowest BCUT2D eigenvalue weighted by Gasteiger charge is -2.05. The highest BCUT2D eigenvalue weighted by molar-refractivity contribution is 7.98. The van der Waals surface area contributed by atoms with Crippen LogP contribution in [0.1, 0.15) is 11.5 Å². The molecule has 4 heteroatoms. The average molecular weight is 255 g/mol. The molecule has 2 rings (SSSR count). The van der Waals surface area contributed by atoms with Gasteiger partial charge in [0.2, 0.25) is 0 Å². The highest BCUT2D eigenvalue weighted by atomic mass is 32.2. The molecule has 0 saturated carbocycles. The van der Waals surface area contributed by atoms with E-state index in [2.05, 4.69) is 34.4 Å². The third-order valence-electron chi connectivity index (χ3n) is 2.52. The molecule has 1 aromatic carbocycles. The summed E-state index contributed by atoms with van der Waals surface area (Å²) in [5.74, 6) is 0.585. The Kier molecular flexibility index (Phi) is 3.96. The molecule has 1 aromatic heterocycles. The van der Waals surface area contributed by atoms with E-state index in [9.17, 15) is 0 Å². The van der Waals surface area contributed by atoms with E-state index in [1.807, 2.05) is 25.1 Å². The topological polar surface area (TPSA) is 49.6 Å². The predicted molar refractivity (Wildman–Crippen MR) is 73.3 cm³/mol. The standard InChI is InChI=1S/C14H13N3S/c1-10-9-13(17-14(16-10)7-8-15)11-3-5-12(18-2)6-4-11/h3-6,9H,7H2,1-2H3. The molecule has 0 bridgehead atoms. The summed E-state index contributed by atoms with van der Waals surface area (Å²) in [6, 6.07) is 12.3. The van der Waals surface area contributed by atoms with Gasteiger partial charge in [-0.25, -0.2) is 9.97 Å². The Morgan fingerprint density at radius 2 is 1.94 bits per heavy atom. The monoisotopic (exact) mass is 255 g/mol. The predicted octanol–water partition coefficient (Wildman–Crippen LogP) is 3.24. The van der Waals surface area contributed by atoms with E-state index in [4.69, 9.17) is 5.26 Å². The van der Waals surface area contributed by atoms with Crippen molar-refractivity contribution < 1.29 is 0 Å². The second-order valence-corrected chi connectivity index (χ2v) is 4.75. The molecular formula is C14H13N3S. The first kappa shape index (κ1) is 12.6. The van der Waals surface area contributed by atoms with Crippen molar-refractivity contribution in [2.24, 2.45) is 0 Å². The Hall–Kier alpha value is -1.86. The fourth-order valence-electron chi connectivity index (χ4n) is 1.69. The van der Waals surface area contributed by atoms with Crippen molar-refractivity contribution in [3.05, 3.63) is 41.9 Å². The lowest BCUT2D eigenvalue weighted by atomic mass is 10.1. The summed E-state index contributed by atoms with van der Waals surface area (Å²) >= 11 is 1.71. The second kappa shape index (κ2) is 5.65. The van der Waals surface area contributed by atoms with Gasteiger partial charge in [0, 0.05) is 16.2 Å². The van der Waals surface area contributed by atoms with Crippen LogP contribution in [0.4, 0.5) is 0 Å². The Bertz CT molecular complexity index is 585. The van der Waals surface area contributed by atoms with E-state index in [1.54, 1.807) is 11.8 Å². The summed E-state index contributed by atoms with van der Waals surface area (Å²) in [7, 11) is 0. The molecule has 0 unspecified atom stereocenters. The quantitative estimate of drug-likeness (QED) is 0.790. The van der Waals surface area contributed by atoms with Crippen LogP contribution < -0.4 is 0 Å². The van der Waals surface area contributed by atoms with Gasteiger partial charge in [-0.2, -0.15) is 5.26 Å². The van der Waals surface area contributed by atoms with Crippen molar-refractivity contribution >= 4 is 11.8 Å². The Morgan fingerprint density at radius 1 is 1.22 bits per heavy atom. The fourth-order valence-corrected chi connectivity index (χ4v) is 2.10. The third-order valence-corrected chi connectivity index (χ3v) is 3.27. The summed E-state index contributed by atoms with van der Waals surface area (Å²) in [6.45, 7) is 1.92. The zero-order valence-electron chi connectivity index (χ0n) is 10.3. The van der Waals surface area contributed by atoms with Gasteiger partial charge in [-0.15, -0.1) is 11.8 Å². The van der Waals surface area contributed by atoms with Crippen molar-refractivity contribution in [1.82, 2.24) is 9.97 Å². The summed E-state index contributed by atoms with van der Waals surface area (Å²) < 4.78 is 0. The molecular weight excluding hydrogens is 242 g/mol. The number of nitrogens with zero attached hydrogens (tertiary/aromatic N) is 3. The van der Waals surface area contributed by atoms with Gasteiger partial charge in [0.15, 0.2) is 0 Å². The molecule has 1 heterocycles. The van der Waals surface area contributed by atoms with E-state index >= 15 is 0 Å². The van der Waals surface area contributed by atoms with Crippen LogP contribution in [0.25, 0.3) is 11.3 Å². The molecule has 18 heavy (non-hydrogen) atoms. The number of hydrogen-bond donors (Lipinski definition) is 0. The Labute approximate surface area is 111 Å². The zero-order chi connectivity index (χ0) is 13.0. The first-order valence-electron chi connectivity index (χ1n) is 5.59. The largest absolute Gasteiger partial charge is 0.237 e. The minimum atomic E-state index is 0.248. The van der Waals surface area contributed by atoms with Gasteiger partial charge in [0.25, 0.3) is 0 Å². The van der Waals surface area contributed by atoms with Gasteiger partial charge < -0.3 is 0 Å². The minimum absolute atomic E-state index is 0.248. The van der Waals surface area contributed by atoms with E-state index in [1.165, 1.54) is 4.90 Å². The molecule has 0 aliphatic rings. The van der Waals surface area contributed by atoms with E-state index in [0.717, 1.165) is 17.0 Å². The third kappa shape index (κ3) is 2.88. The highest BCUT2D eigenvalue weighted by Crippen LogP contribution is 2.22. The molecule has 0 spiro atoms. The van der Waals surface area contributed by atoms with Crippen LogP contribution in [0, 0.1) is 18.3 Å². The fraction of sp³-hybridized carbons (Fsp3) is 0.214. The van der Waals surface area contributed by atoms with Crippen LogP contribution in [0.15, 0.2) is 35.2 Å². The lowest BCUT2D eigenvalue weighted by Crippen LogP contribution is -1.98. The molecule has 0 fully saturated rings. The van der Waals surface area contributed by atoms with Crippen LogP contribution in [0.5, 0.6) is 0 Å². The van der Waals surface area contributed by atoms with Crippen molar-refractivity contribution in [3.63, 3.8) is 0 Å². The van der Waals surface area contributed by atoms with E-state index in [0.29, 0.717) is 5.82 Å². The number of hydrogen-bond acceptors (Lipinski definition) is 4. The summed E-state index contributed by atoms with van der Waals surface area (Å²) in [5, 5.41) is 8.71. The highest BCUT2D eigenvalue weighted by Gasteiger charge is 2.04. The molecule has 0 amide bonds. The minimum Gasteiger partial charge on any atom is -0.237 e. The van der Waals surface area contributed by atoms with Crippen molar-refractivity contribution in [2.75, 3.05) is 6.26 Å². The maximum absolute atomic E-state index is 8.71. The zero-order valence-corrected chi connectivity index (χ0v) is 11.2. The van der Waals surface area contributed by atoms with Gasteiger partial charge in [-0.05, 0) is 31.4 Å². The van der Waals surface area contributed by atoms with Crippen LogP contribution in [0.3, 0.4) is 0 Å². The maximum atomic E-state index is 8.71. The van der Waals surface area contributed by atoms with Gasteiger partial charge >= 0.3 is 0 Å². The number of nitriles is 1. The van der Waals surface area contributed by atoms with Crippen LogP contribution >= 0.6 is 11.8 Å². The molecule has 2 aromatic rings. The molecule has 0 radical (unpaired) electrons. The molecule has 0 saturated heterocycles. The first-order chi connectivity index (χ1) is 8.72. The lowest BCUT2D eigenvalue weighted by molar-refractivity contribution is 0.969. The van der Waals surface area contributed by atoms with Crippen LogP contribution in [-0.4, -0.2) is 16.2 Å². The average Bonchev–Trinajstić information content (AvgIpc) is 2.38. The molecule has 0 aliphatic heterocycles. The number of thioether (sulfide) groups is 1. The number of rotatable bonds is 3. The van der Waals surface area contributed by atoms with Gasteiger partial charge in [0.05, 0.1) is 18.2 Å². The van der Waals surface area contributed by atoms with Crippen LogP contribution in [0.2, 0.25) is 0 Å². The van der Waals surface area contributed by atoms with Crippen molar-refractivity contribution in [1.29, 1.82) is 5.26 Å². The van der Waals surface area contributed by atoms with Crippen molar-refractivity contribution in [2.45, 2.75) is 18.2 Å². The molecule has 3 nitrogen and oxygen atoms in total. The van der Waals surface area contributed by atoms with Crippen molar-refractivity contribution in [3.8, 4) is 17.3 Å². The number of aryl methyl sites for hydroxylation is 1. The molecule has 0 aliphatic carbocycles. The van der Waals surface area contributed by atoms with Crippen LogP contribution in [-0.2, 0) is 6.42 Å². The molecule has 90 valence electrons. The maximum Gasteiger partial charge on any atom is 0.143 e. The first-order valence-corrected chi connectivity index (χ1v) is 6.81. The summed E-state index contributed by atoms with van der Waals surface area (Å²) in [5.41, 5.74) is 2.82. The number of aromatic nitrogens is 2. The molecule has 0 N–H and O–H groups in total. The van der Waals surface area contributed by atoms with Gasteiger partial charge in [-0.3, -0.25) is 0 Å². The van der Waals surface area contributed by atoms with Gasteiger partial charge in [0.1, 0.15) is 5.82 Å². The normalized spacial score (nSPS) is 10.1. The summed E-state index contributed by atoms with van der Waals surface area (Å²) in [6.07, 6.45) is 2.30. The second-order valence-electron chi connectivity index (χ2n) is 3.87. The summed E-state index contributed by atoms with van der Waals surface area (Å²) in [4.78, 5) is 9.88. The molecule has 0 atom stereocenters. The number of benzene rings is 1.